The number of hydrogen-bond acceptors (Lipinski definition) is 4. The number of nitrogens with one attached hydrogen (secondary N) is 1. The number of hydrogen-bond donors (Lipinski definition) is 2. The molecule has 3 heterocycles. The molecule has 3 aromatic rings. The summed E-state index contributed by atoms with van der Waals surface area (Å²) in [5, 5.41) is 3.34. The first-order valence-electron chi connectivity index (χ1n) is 9.44. The first kappa shape index (κ1) is 20.7. The molecule has 0 amide bonds. The topological polar surface area (TPSA) is 80.5 Å². The molecule has 1 aromatic carbocycles. The van der Waals surface area contributed by atoms with Gasteiger partial charge >= 0.3 is 0 Å². The minimum absolute atomic E-state index is 0.168. The van der Waals surface area contributed by atoms with E-state index in [1.165, 1.54) is 6.20 Å². The second-order valence-corrected chi connectivity index (χ2v) is 10.4. The molecule has 1 aliphatic heterocycles. The Kier molecular flexibility index (Phi) is 5.24. The van der Waals surface area contributed by atoms with Crippen LogP contribution in [0.4, 0.5) is 11.4 Å². The van der Waals surface area contributed by atoms with Gasteiger partial charge in [0.1, 0.15) is 0 Å². The number of anilines is 1. The monoisotopic (exact) mass is 442 g/mol. The maximum absolute atomic E-state index is 12.0. The van der Waals surface area contributed by atoms with Gasteiger partial charge in [-0.1, -0.05) is 11.6 Å². The SMILES string of the molecule is [C-]#[N+]c1cc2c(-c3cncc(N)c3Cl)cn([C@@H]3CCN(NS(=C)(C)=O)C3)c2cc1C. The molecule has 0 saturated carbocycles. The standard InChI is InChI=1S/C21H23ClN6OS/c1-13-7-20-15(8-19(13)24-2)17(16-9-25-10-18(23)21(16)22)12-28(20)14-5-6-27(11-14)26-30(3,4)29/h7-10,12,14H,3,5-6,11,23H2,1,4H3,(H,26,29)/t14-,30?/m1/s1. The van der Waals surface area contributed by atoms with E-state index in [1.807, 2.05) is 24.1 Å². The number of fused-ring (bicyclic) bond motifs is 1. The van der Waals surface area contributed by atoms with Crippen molar-refractivity contribution < 1.29 is 4.21 Å². The van der Waals surface area contributed by atoms with E-state index in [0.29, 0.717) is 22.9 Å². The van der Waals surface area contributed by atoms with Crippen LogP contribution < -0.4 is 10.6 Å². The number of nitrogen functional groups attached to an aromatic ring is 1. The molecule has 30 heavy (non-hydrogen) atoms. The number of aryl methyl sites for hydroxylation is 1. The Morgan fingerprint density at radius 1 is 1.40 bits per heavy atom. The van der Waals surface area contributed by atoms with Crippen molar-refractivity contribution in [2.24, 2.45) is 0 Å². The number of hydrazine groups is 1. The second kappa shape index (κ2) is 7.60. The van der Waals surface area contributed by atoms with Crippen LogP contribution >= 0.6 is 11.6 Å². The number of nitrogens with two attached hydrogens (primary N) is 1. The normalized spacial score (nSPS) is 19.1. The summed E-state index contributed by atoms with van der Waals surface area (Å²) in [6.07, 6.45) is 7.77. The number of halogens is 1. The van der Waals surface area contributed by atoms with Crippen molar-refractivity contribution >= 4 is 49.5 Å². The maximum Gasteiger partial charge on any atom is 0.190 e. The van der Waals surface area contributed by atoms with Gasteiger partial charge < -0.3 is 10.3 Å². The first-order chi connectivity index (χ1) is 14.2. The van der Waals surface area contributed by atoms with Crippen LogP contribution in [-0.2, 0) is 9.71 Å². The molecule has 156 valence electrons. The van der Waals surface area contributed by atoms with Gasteiger partial charge in [0.15, 0.2) is 5.69 Å². The molecular weight excluding hydrogens is 420 g/mol. The predicted octanol–water partition coefficient (Wildman–Crippen LogP) is 3.81. The van der Waals surface area contributed by atoms with E-state index in [2.05, 4.69) is 31.3 Å². The molecule has 0 bridgehead atoms. The fraction of sp³-hybridized carbons (Fsp3) is 0.286. The molecule has 9 heteroatoms. The summed E-state index contributed by atoms with van der Waals surface area (Å²) in [4.78, 5) is 10.9. The van der Waals surface area contributed by atoms with Gasteiger partial charge in [0.05, 0.1) is 23.5 Å². The average Bonchev–Trinajstić information content (AvgIpc) is 3.26. The van der Waals surface area contributed by atoms with Crippen LogP contribution in [0.25, 0.3) is 26.9 Å². The van der Waals surface area contributed by atoms with Crippen molar-refractivity contribution in [1.82, 2.24) is 19.4 Å². The fourth-order valence-corrected chi connectivity index (χ4v) is 4.91. The lowest BCUT2D eigenvalue weighted by molar-refractivity contribution is 0.296. The van der Waals surface area contributed by atoms with Gasteiger partial charge in [-0.3, -0.25) is 9.19 Å². The summed E-state index contributed by atoms with van der Waals surface area (Å²) in [6.45, 7) is 10.9. The summed E-state index contributed by atoms with van der Waals surface area (Å²) < 4.78 is 14.3. The zero-order chi connectivity index (χ0) is 21.6. The Hall–Kier alpha value is -2.57. The minimum atomic E-state index is -2.33. The average molecular weight is 443 g/mol. The van der Waals surface area contributed by atoms with Gasteiger partial charge in [0.2, 0.25) is 0 Å². The molecule has 0 spiro atoms. The highest BCUT2D eigenvalue weighted by Crippen LogP contribution is 2.41. The van der Waals surface area contributed by atoms with Gasteiger partial charge in [-0.15, -0.1) is 0 Å². The van der Waals surface area contributed by atoms with Gasteiger partial charge in [-0.2, -0.15) is 4.83 Å². The molecule has 1 unspecified atom stereocenters. The van der Waals surface area contributed by atoms with Crippen molar-refractivity contribution in [2.45, 2.75) is 19.4 Å². The highest BCUT2D eigenvalue weighted by atomic mass is 35.5. The molecule has 7 nitrogen and oxygen atoms in total. The molecule has 3 N–H and O–H groups in total. The smallest absolute Gasteiger partial charge is 0.190 e. The lowest BCUT2D eigenvalue weighted by Crippen LogP contribution is -2.39. The van der Waals surface area contributed by atoms with Crippen LogP contribution in [0.2, 0.25) is 5.02 Å². The second-order valence-electron chi connectivity index (χ2n) is 7.79. The minimum Gasteiger partial charge on any atom is -0.396 e. The third-order valence-electron chi connectivity index (χ3n) is 5.35. The van der Waals surface area contributed by atoms with Crippen molar-refractivity contribution in [3.05, 3.63) is 52.7 Å². The van der Waals surface area contributed by atoms with Crippen LogP contribution in [0, 0.1) is 13.5 Å². The Morgan fingerprint density at radius 3 is 2.87 bits per heavy atom. The first-order valence-corrected chi connectivity index (χ1v) is 12.0. The zero-order valence-corrected chi connectivity index (χ0v) is 18.4. The highest BCUT2D eigenvalue weighted by Gasteiger charge is 2.27. The Morgan fingerprint density at radius 2 is 2.17 bits per heavy atom. The Bertz CT molecular complexity index is 1290. The lowest BCUT2D eigenvalue weighted by atomic mass is 10.0. The molecule has 1 fully saturated rings. The summed E-state index contributed by atoms with van der Waals surface area (Å²) >= 11 is 6.51. The molecule has 0 radical (unpaired) electrons. The molecule has 4 rings (SSSR count). The lowest BCUT2D eigenvalue weighted by Gasteiger charge is -2.19. The molecule has 0 aliphatic carbocycles. The van der Waals surface area contributed by atoms with E-state index in [4.69, 9.17) is 23.9 Å². The summed E-state index contributed by atoms with van der Waals surface area (Å²) in [5.41, 5.74) is 10.6. The van der Waals surface area contributed by atoms with Crippen LogP contribution in [0.15, 0.2) is 30.7 Å². The van der Waals surface area contributed by atoms with E-state index in [9.17, 15) is 4.21 Å². The third-order valence-corrected chi connectivity index (χ3v) is 6.41. The van der Waals surface area contributed by atoms with Gasteiger partial charge in [-0.05, 0) is 42.3 Å². The van der Waals surface area contributed by atoms with Crippen molar-refractivity contribution in [2.75, 3.05) is 25.1 Å². The molecule has 1 saturated heterocycles. The molecule has 1 aliphatic rings. The van der Waals surface area contributed by atoms with Crippen LogP contribution in [-0.4, -0.2) is 44.0 Å². The Balaban J connectivity index is 1.86. The number of pyridine rings is 1. The van der Waals surface area contributed by atoms with E-state index >= 15 is 0 Å². The summed E-state index contributed by atoms with van der Waals surface area (Å²) in [5.74, 6) is 3.68. The number of benzene rings is 1. The predicted molar refractivity (Wildman–Crippen MR) is 125 cm³/mol. The van der Waals surface area contributed by atoms with Crippen LogP contribution in [0.1, 0.15) is 18.0 Å². The zero-order valence-electron chi connectivity index (χ0n) is 16.9. The highest BCUT2D eigenvalue weighted by molar-refractivity contribution is 7.97. The van der Waals surface area contributed by atoms with Crippen molar-refractivity contribution in [1.29, 1.82) is 0 Å². The Labute approximate surface area is 181 Å². The van der Waals surface area contributed by atoms with Crippen LogP contribution in [0.5, 0.6) is 0 Å². The van der Waals surface area contributed by atoms with Crippen molar-refractivity contribution in [3.63, 3.8) is 0 Å². The van der Waals surface area contributed by atoms with Crippen LogP contribution in [0.3, 0.4) is 0 Å². The summed E-state index contributed by atoms with van der Waals surface area (Å²) in [6, 6.07) is 4.12. The largest absolute Gasteiger partial charge is 0.396 e. The third kappa shape index (κ3) is 3.77. The summed E-state index contributed by atoms with van der Waals surface area (Å²) in [7, 11) is -2.33. The van der Waals surface area contributed by atoms with Crippen molar-refractivity contribution in [3.8, 4) is 11.1 Å². The molecular formula is C21H23ClN6OS. The maximum atomic E-state index is 12.0. The number of nitrogens with zero attached hydrogens (tertiary/aromatic N) is 4. The quantitative estimate of drug-likeness (QED) is 0.475. The number of aromatic nitrogens is 2. The van der Waals surface area contributed by atoms with E-state index in [1.54, 1.807) is 12.5 Å². The molecule has 2 atom stereocenters. The van der Waals surface area contributed by atoms with E-state index in [0.717, 1.165) is 40.6 Å². The van der Waals surface area contributed by atoms with Gasteiger partial charge in [0, 0.05) is 64.1 Å². The molecule has 2 aromatic heterocycles. The number of rotatable bonds is 4. The van der Waals surface area contributed by atoms with E-state index < -0.39 is 9.71 Å². The van der Waals surface area contributed by atoms with E-state index in [-0.39, 0.29) is 6.04 Å². The fourth-order valence-electron chi connectivity index (χ4n) is 4.00. The van der Waals surface area contributed by atoms with Gasteiger partial charge in [-0.25, -0.2) is 9.85 Å². The van der Waals surface area contributed by atoms with Gasteiger partial charge in [0.25, 0.3) is 0 Å².